The fourth-order valence-electron chi connectivity index (χ4n) is 1.58. The number of para-hydroxylation sites is 2. The molecule has 0 fully saturated rings. The van der Waals surface area contributed by atoms with Crippen LogP contribution in [-0.4, -0.2) is 23.7 Å². The number of nitrogens with one attached hydrogen (secondary N) is 3. The first-order chi connectivity index (χ1) is 10.8. The summed E-state index contributed by atoms with van der Waals surface area (Å²) in [5.74, 6) is 0. The molecule has 7 nitrogen and oxygen atoms in total. The summed E-state index contributed by atoms with van der Waals surface area (Å²) in [7, 11) is 0. The van der Waals surface area contributed by atoms with E-state index in [-0.39, 0.29) is 0 Å². The number of hydrazone groups is 2. The van der Waals surface area contributed by atoms with Gasteiger partial charge in [0, 0.05) is 0 Å². The molecule has 0 amide bonds. The Morgan fingerprint density at radius 3 is 1.64 bits per heavy atom. The fourth-order valence-corrected chi connectivity index (χ4v) is 1.58. The van der Waals surface area contributed by atoms with E-state index in [1.54, 1.807) is 0 Å². The Kier molecular flexibility index (Phi) is 6.06. The van der Waals surface area contributed by atoms with Gasteiger partial charge in [0.1, 0.15) is 0 Å². The highest BCUT2D eigenvalue weighted by Crippen LogP contribution is 2.04. The van der Waals surface area contributed by atoms with Crippen molar-refractivity contribution in [1.82, 2.24) is 0 Å². The minimum Gasteiger partial charge on any atom is -0.599 e. The SMILES string of the molecule is [O-][NH+](O)C(/C=N/Nc1ccccc1)/C=N/Nc1ccccc1. The summed E-state index contributed by atoms with van der Waals surface area (Å²) < 4.78 is 0. The predicted octanol–water partition coefficient (Wildman–Crippen LogP) is 1.32. The number of hydrogen-bond donors (Lipinski definition) is 4. The van der Waals surface area contributed by atoms with Crippen LogP contribution in [0.2, 0.25) is 0 Å². The molecule has 1 unspecified atom stereocenters. The first-order valence-electron chi connectivity index (χ1n) is 6.67. The topological polar surface area (TPSA) is 96.5 Å². The third kappa shape index (κ3) is 5.33. The summed E-state index contributed by atoms with van der Waals surface area (Å²) in [5.41, 5.74) is 7.08. The van der Waals surface area contributed by atoms with Gasteiger partial charge in [0.2, 0.25) is 0 Å². The number of benzene rings is 2. The Morgan fingerprint density at radius 2 is 1.27 bits per heavy atom. The van der Waals surface area contributed by atoms with Gasteiger partial charge in [-0.1, -0.05) is 36.4 Å². The molecule has 0 spiro atoms. The zero-order valence-corrected chi connectivity index (χ0v) is 11.8. The highest BCUT2D eigenvalue weighted by atomic mass is 16.8. The molecule has 1 atom stereocenters. The second kappa shape index (κ2) is 8.53. The number of rotatable bonds is 7. The van der Waals surface area contributed by atoms with Crippen molar-refractivity contribution < 1.29 is 10.4 Å². The molecule has 0 aromatic heterocycles. The minimum atomic E-state index is -1.03. The van der Waals surface area contributed by atoms with Crippen LogP contribution in [0, 0.1) is 5.21 Å². The Hall–Kier alpha value is -2.74. The molecule has 0 aliphatic carbocycles. The van der Waals surface area contributed by atoms with Gasteiger partial charge in [0.25, 0.3) is 0 Å². The first-order valence-corrected chi connectivity index (χ1v) is 6.67. The molecule has 0 bridgehead atoms. The quantitative estimate of drug-likeness (QED) is 0.458. The highest BCUT2D eigenvalue weighted by molar-refractivity contribution is 5.86. The molecule has 114 valence electrons. The molecule has 0 saturated carbocycles. The third-order valence-electron chi connectivity index (χ3n) is 2.69. The first kappa shape index (κ1) is 15.6. The van der Waals surface area contributed by atoms with Crippen molar-refractivity contribution in [2.75, 3.05) is 10.9 Å². The van der Waals surface area contributed by atoms with Gasteiger partial charge in [-0.25, -0.2) is 10.4 Å². The number of nitrogens with zero attached hydrogens (tertiary/aromatic N) is 2. The standard InChI is InChI=1S/C15H17N5O2/c21-20(22)15(11-16-18-13-7-3-1-4-8-13)12-17-19-14-9-5-2-6-10-14/h1-12,15,18-21H/b16-11+,17-12+. The van der Waals surface area contributed by atoms with Gasteiger partial charge in [0.15, 0.2) is 6.04 Å². The number of anilines is 2. The van der Waals surface area contributed by atoms with Gasteiger partial charge >= 0.3 is 0 Å². The molecular weight excluding hydrogens is 282 g/mol. The van der Waals surface area contributed by atoms with Crippen LogP contribution >= 0.6 is 0 Å². The lowest BCUT2D eigenvalue weighted by Gasteiger charge is -2.16. The summed E-state index contributed by atoms with van der Waals surface area (Å²) >= 11 is 0. The van der Waals surface area contributed by atoms with Crippen LogP contribution in [0.3, 0.4) is 0 Å². The maximum absolute atomic E-state index is 11.1. The van der Waals surface area contributed by atoms with E-state index in [0.29, 0.717) is 0 Å². The van der Waals surface area contributed by atoms with Crippen LogP contribution in [0.15, 0.2) is 70.9 Å². The zero-order chi connectivity index (χ0) is 15.6. The van der Waals surface area contributed by atoms with Gasteiger partial charge < -0.3 is 5.21 Å². The molecule has 0 heterocycles. The Balaban J connectivity index is 1.89. The second-order valence-corrected chi connectivity index (χ2v) is 4.38. The molecular formula is C15H17N5O2. The average molecular weight is 299 g/mol. The van der Waals surface area contributed by atoms with Crippen LogP contribution in [0.1, 0.15) is 0 Å². The molecule has 2 aromatic rings. The van der Waals surface area contributed by atoms with E-state index < -0.39 is 11.3 Å². The maximum Gasteiger partial charge on any atom is 0.192 e. The van der Waals surface area contributed by atoms with E-state index in [4.69, 9.17) is 5.21 Å². The van der Waals surface area contributed by atoms with Crippen molar-refractivity contribution in [2.45, 2.75) is 6.04 Å². The summed E-state index contributed by atoms with van der Waals surface area (Å²) in [5, 5.41) is 27.1. The van der Waals surface area contributed by atoms with Crippen LogP contribution < -0.4 is 16.1 Å². The summed E-state index contributed by atoms with van der Waals surface area (Å²) in [6.45, 7) is 0. The van der Waals surface area contributed by atoms with E-state index in [1.807, 2.05) is 60.7 Å². The summed E-state index contributed by atoms with van der Waals surface area (Å²) in [6, 6.07) is 17.6. The highest BCUT2D eigenvalue weighted by Gasteiger charge is 2.08. The van der Waals surface area contributed by atoms with E-state index in [9.17, 15) is 5.21 Å². The monoisotopic (exact) mass is 299 g/mol. The van der Waals surface area contributed by atoms with Gasteiger partial charge in [-0.15, -0.1) is 0 Å². The van der Waals surface area contributed by atoms with Gasteiger partial charge in [0.05, 0.1) is 23.8 Å². The molecule has 22 heavy (non-hydrogen) atoms. The molecule has 7 heteroatoms. The van der Waals surface area contributed by atoms with Crippen LogP contribution in [0.25, 0.3) is 0 Å². The van der Waals surface area contributed by atoms with Crippen molar-refractivity contribution in [3.8, 4) is 0 Å². The lowest BCUT2D eigenvalue weighted by Crippen LogP contribution is -3.09. The smallest absolute Gasteiger partial charge is 0.192 e. The Bertz CT molecular complexity index is 550. The minimum absolute atomic E-state index is 0.780. The van der Waals surface area contributed by atoms with E-state index in [1.165, 1.54) is 12.4 Å². The molecule has 0 saturated heterocycles. The molecule has 4 N–H and O–H groups in total. The Labute approximate surface area is 128 Å². The molecule has 2 aromatic carbocycles. The maximum atomic E-state index is 11.1. The number of hydrogen-bond acceptors (Lipinski definition) is 6. The second-order valence-electron chi connectivity index (χ2n) is 4.38. The average Bonchev–Trinajstić information content (AvgIpc) is 2.55. The molecule has 0 radical (unpaired) electrons. The molecule has 0 aliphatic rings. The summed E-state index contributed by atoms with van der Waals surface area (Å²) in [6.07, 6.45) is 2.57. The largest absolute Gasteiger partial charge is 0.599 e. The number of hydroxylamine groups is 2. The lowest BCUT2D eigenvalue weighted by atomic mass is 10.3. The lowest BCUT2D eigenvalue weighted by molar-refractivity contribution is -1.05. The predicted molar refractivity (Wildman–Crippen MR) is 87.0 cm³/mol. The van der Waals surface area contributed by atoms with Gasteiger partial charge in [-0.3, -0.25) is 10.9 Å². The van der Waals surface area contributed by atoms with Crippen molar-refractivity contribution in [3.05, 3.63) is 65.9 Å². The van der Waals surface area contributed by atoms with Gasteiger partial charge in [-0.2, -0.15) is 10.2 Å². The van der Waals surface area contributed by atoms with Crippen molar-refractivity contribution in [2.24, 2.45) is 10.2 Å². The van der Waals surface area contributed by atoms with Crippen LogP contribution in [0.4, 0.5) is 11.4 Å². The number of quaternary nitrogens is 1. The zero-order valence-electron chi connectivity index (χ0n) is 11.8. The van der Waals surface area contributed by atoms with Crippen LogP contribution in [0.5, 0.6) is 0 Å². The van der Waals surface area contributed by atoms with Gasteiger partial charge in [-0.05, 0) is 24.3 Å². The van der Waals surface area contributed by atoms with E-state index in [2.05, 4.69) is 21.1 Å². The fraction of sp³-hybridized carbons (Fsp3) is 0.0667. The third-order valence-corrected chi connectivity index (χ3v) is 2.69. The van der Waals surface area contributed by atoms with Crippen molar-refractivity contribution >= 4 is 23.8 Å². The molecule has 0 aliphatic heterocycles. The molecule has 2 rings (SSSR count). The Morgan fingerprint density at radius 1 is 0.864 bits per heavy atom. The van der Waals surface area contributed by atoms with Crippen molar-refractivity contribution in [3.63, 3.8) is 0 Å². The van der Waals surface area contributed by atoms with E-state index >= 15 is 0 Å². The van der Waals surface area contributed by atoms with E-state index in [0.717, 1.165) is 11.4 Å². The summed E-state index contributed by atoms with van der Waals surface area (Å²) in [4.78, 5) is 0. The normalized spacial score (nSPS) is 12.9. The van der Waals surface area contributed by atoms with Crippen molar-refractivity contribution in [1.29, 1.82) is 0 Å². The van der Waals surface area contributed by atoms with Crippen LogP contribution in [-0.2, 0) is 0 Å².